The normalized spacial score (nSPS) is 20.8. The molecule has 1 atom stereocenters. The Hall–Kier alpha value is -1.42. The monoisotopic (exact) mass is 248 g/mol. The van der Waals surface area contributed by atoms with Crippen LogP contribution in [0.1, 0.15) is 42.2 Å². The zero-order valence-corrected chi connectivity index (χ0v) is 10.8. The van der Waals surface area contributed by atoms with Crippen LogP contribution in [-0.4, -0.2) is 34.0 Å². The highest BCUT2D eigenvalue weighted by molar-refractivity contribution is 5.85. The summed E-state index contributed by atoms with van der Waals surface area (Å²) < 4.78 is 0. The van der Waals surface area contributed by atoms with Crippen molar-refractivity contribution in [2.45, 2.75) is 32.7 Å². The minimum absolute atomic E-state index is 0.136. The summed E-state index contributed by atoms with van der Waals surface area (Å²) in [5.41, 5.74) is 1.18. The fourth-order valence-corrected chi connectivity index (χ4v) is 2.58. The molecule has 4 nitrogen and oxygen atoms in total. The van der Waals surface area contributed by atoms with E-state index in [-0.39, 0.29) is 5.69 Å². The molecule has 0 radical (unpaired) electrons. The van der Waals surface area contributed by atoms with E-state index >= 15 is 0 Å². The van der Waals surface area contributed by atoms with Crippen molar-refractivity contribution in [1.29, 1.82) is 0 Å². The van der Waals surface area contributed by atoms with Crippen LogP contribution in [0.5, 0.6) is 0 Å². The molecule has 1 N–H and O–H groups in total. The predicted molar refractivity (Wildman–Crippen MR) is 69.5 cm³/mol. The van der Waals surface area contributed by atoms with Gasteiger partial charge in [-0.05, 0) is 43.0 Å². The van der Waals surface area contributed by atoms with E-state index in [1.54, 1.807) is 12.3 Å². The Morgan fingerprint density at radius 1 is 1.61 bits per heavy atom. The molecule has 98 valence electrons. The van der Waals surface area contributed by atoms with Crippen molar-refractivity contribution < 1.29 is 9.90 Å². The highest BCUT2D eigenvalue weighted by Crippen LogP contribution is 2.20. The van der Waals surface area contributed by atoms with Gasteiger partial charge in [0, 0.05) is 19.3 Å². The fraction of sp³-hybridized carbons (Fsp3) is 0.571. The Bertz CT molecular complexity index is 420. The van der Waals surface area contributed by atoms with Gasteiger partial charge in [-0.3, -0.25) is 4.90 Å². The number of carboxylic acids is 1. The lowest BCUT2D eigenvalue weighted by molar-refractivity contribution is 0.0690. The molecule has 0 spiro atoms. The topological polar surface area (TPSA) is 53.4 Å². The zero-order valence-electron chi connectivity index (χ0n) is 10.8. The Balaban J connectivity index is 2.00. The molecule has 1 aliphatic rings. The van der Waals surface area contributed by atoms with Gasteiger partial charge in [0.2, 0.25) is 0 Å². The molecule has 2 heterocycles. The maximum atomic E-state index is 10.9. The Morgan fingerprint density at radius 2 is 2.44 bits per heavy atom. The number of aromatic carboxylic acids is 1. The van der Waals surface area contributed by atoms with Crippen molar-refractivity contribution in [2.24, 2.45) is 5.92 Å². The SMILES string of the molecule is CCC1CCCN(Cc2ccnc(C(=O)O)c2)C1. The first kappa shape index (κ1) is 13.0. The quantitative estimate of drug-likeness (QED) is 0.889. The molecule has 1 saturated heterocycles. The van der Waals surface area contributed by atoms with Crippen molar-refractivity contribution in [3.05, 3.63) is 29.6 Å². The van der Waals surface area contributed by atoms with Gasteiger partial charge in [-0.15, -0.1) is 0 Å². The summed E-state index contributed by atoms with van der Waals surface area (Å²) in [6.45, 7) is 5.31. The Kier molecular flexibility index (Phi) is 4.31. The molecule has 0 aliphatic carbocycles. The molecule has 1 aromatic heterocycles. The van der Waals surface area contributed by atoms with Gasteiger partial charge in [-0.2, -0.15) is 0 Å². The van der Waals surface area contributed by atoms with Gasteiger partial charge >= 0.3 is 5.97 Å². The van der Waals surface area contributed by atoms with Gasteiger partial charge < -0.3 is 5.11 Å². The number of hydrogen-bond donors (Lipinski definition) is 1. The third-order valence-corrected chi connectivity index (χ3v) is 3.63. The molecule has 0 aromatic carbocycles. The van der Waals surface area contributed by atoms with Crippen molar-refractivity contribution in [1.82, 2.24) is 9.88 Å². The number of aromatic nitrogens is 1. The van der Waals surface area contributed by atoms with Crippen LogP contribution in [0.4, 0.5) is 0 Å². The van der Waals surface area contributed by atoms with Crippen molar-refractivity contribution in [3.63, 3.8) is 0 Å². The van der Waals surface area contributed by atoms with Crippen LogP contribution >= 0.6 is 0 Å². The Morgan fingerprint density at radius 3 is 3.17 bits per heavy atom. The van der Waals surface area contributed by atoms with Crippen LogP contribution in [0.2, 0.25) is 0 Å². The fourth-order valence-electron chi connectivity index (χ4n) is 2.58. The molecule has 18 heavy (non-hydrogen) atoms. The third kappa shape index (κ3) is 3.29. The van der Waals surface area contributed by atoms with Gasteiger partial charge in [0.15, 0.2) is 0 Å². The number of rotatable bonds is 4. The van der Waals surface area contributed by atoms with E-state index in [4.69, 9.17) is 5.11 Å². The summed E-state index contributed by atoms with van der Waals surface area (Å²) >= 11 is 0. The number of nitrogens with zero attached hydrogens (tertiary/aromatic N) is 2. The second-order valence-corrected chi connectivity index (χ2v) is 5.01. The summed E-state index contributed by atoms with van der Waals surface area (Å²) in [4.78, 5) is 17.1. The van der Waals surface area contributed by atoms with E-state index in [2.05, 4.69) is 16.8 Å². The van der Waals surface area contributed by atoms with E-state index in [9.17, 15) is 4.79 Å². The number of hydrogen-bond acceptors (Lipinski definition) is 3. The van der Waals surface area contributed by atoms with Crippen LogP contribution < -0.4 is 0 Å². The van der Waals surface area contributed by atoms with E-state index < -0.39 is 5.97 Å². The summed E-state index contributed by atoms with van der Waals surface area (Å²) in [5.74, 6) is -0.165. The lowest BCUT2D eigenvalue weighted by Gasteiger charge is -2.32. The molecule has 0 saturated carbocycles. The summed E-state index contributed by atoms with van der Waals surface area (Å²) in [6, 6.07) is 3.58. The van der Waals surface area contributed by atoms with Crippen LogP contribution in [0, 0.1) is 5.92 Å². The molecular formula is C14H20N2O2. The highest BCUT2D eigenvalue weighted by Gasteiger charge is 2.18. The average Bonchev–Trinajstić information content (AvgIpc) is 2.39. The maximum absolute atomic E-state index is 10.9. The van der Waals surface area contributed by atoms with Gasteiger partial charge in [0.05, 0.1) is 0 Å². The van der Waals surface area contributed by atoms with E-state index in [1.807, 2.05) is 6.07 Å². The van der Waals surface area contributed by atoms with Crippen molar-refractivity contribution in [2.75, 3.05) is 13.1 Å². The number of likely N-dealkylation sites (tertiary alicyclic amines) is 1. The summed E-state index contributed by atoms with van der Waals surface area (Å²) in [6.07, 6.45) is 5.38. The van der Waals surface area contributed by atoms with Crippen LogP contribution in [0.25, 0.3) is 0 Å². The second kappa shape index (κ2) is 5.96. The first-order chi connectivity index (χ1) is 8.69. The maximum Gasteiger partial charge on any atom is 0.354 e. The van der Waals surface area contributed by atoms with Crippen LogP contribution in [-0.2, 0) is 6.54 Å². The molecule has 0 bridgehead atoms. The molecule has 1 unspecified atom stereocenters. The average molecular weight is 248 g/mol. The van der Waals surface area contributed by atoms with E-state index in [0.717, 1.165) is 31.1 Å². The molecule has 0 amide bonds. The number of piperidine rings is 1. The predicted octanol–water partition coefficient (Wildman–Crippen LogP) is 2.40. The molecule has 4 heteroatoms. The number of carbonyl (C=O) groups is 1. The van der Waals surface area contributed by atoms with E-state index in [0.29, 0.717) is 0 Å². The van der Waals surface area contributed by atoms with E-state index in [1.165, 1.54) is 19.3 Å². The third-order valence-electron chi connectivity index (χ3n) is 3.63. The number of carboxylic acid groups (broad SMARTS) is 1. The van der Waals surface area contributed by atoms with Crippen LogP contribution in [0.15, 0.2) is 18.3 Å². The van der Waals surface area contributed by atoms with Gasteiger partial charge in [0.25, 0.3) is 0 Å². The van der Waals surface area contributed by atoms with Gasteiger partial charge in [-0.25, -0.2) is 9.78 Å². The van der Waals surface area contributed by atoms with Gasteiger partial charge in [0.1, 0.15) is 5.69 Å². The molecule has 1 aliphatic heterocycles. The zero-order chi connectivity index (χ0) is 13.0. The molecular weight excluding hydrogens is 228 g/mol. The summed E-state index contributed by atoms with van der Waals surface area (Å²) in [7, 11) is 0. The minimum atomic E-state index is -0.957. The van der Waals surface area contributed by atoms with Crippen molar-refractivity contribution in [3.8, 4) is 0 Å². The first-order valence-electron chi connectivity index (χ1n) is 6.59. The lowest BCUT2D eigenvalue weighted by atomic mass is 9.95. The lowest BCUT2D eigenvalue weighted by Crippen LogP contribution is -2.34. The molecule has 1 fully saturated rings. The van der Waals surface area contributed by atoms with Gasteiger partial charge in [-0.1, -0.05) is 13.3 Å². The molecule has 1 aromatic rings. The standard InChI is InChI=1S/C14H20N2O2/c1-2-11-4-3-7-16(9-11)10-12-5-6-15-13(8-12)14(17)18/h5-6,8,11H,2-4,7,9-10H2,1H3,(H,17,18). The minimum Gasteiger partial charge on any atom is -0.477 e. The number of pyridine rings is 1. The largest absolute Gasteiger partial charge is 0.477 e. The highest BCUT2D eigenvalue weighted by atomic mass is 16.4. The Labute approximate surface area is 108 Å². The van der Waals surface area contributed by atoms with Crippen molar-refractivity contribution >= 4 is 5.97 Å². The summed E-state index contributed by atoms with van der Waals surface area (Å²) in [5, 5.41) is 8.92. The second-order valence-electron chi connectivity index (χ2n) is 5.01. The molecule has 2 rings (SSSR count). The smallest absolute Gasteiger partial charge is 0.354 e. The first-order valence-corrected chi connectivity index (χ1v) is 6.59. The van der Waals surface area contributed by atoms with Crippen LogP contribution in [0.3, 0.4) is 0 Å².